The summed E-state index contributed by atoms with van der Waals surface area (Å²) >= 11 is 0. The van der Waals surface area contributed by atoms with Crippen molar-refractivity contribution in [3.63, 3.8) is 0 Å². The van der Waals surface area contributed by atoms with Crippen molar-refractivity contribution in [2.75, 3.05) is 20.8 Å². The predicted octanol–water partition coefficient (Wildman–Crippen LogP) is 0.955. The Labute approximate surface area is 116 Å². The van der Waals surface area contributed by atoms with Crippen molar-refractivity contribution < 1.29 is 9.47 Å². The van der Waals surface area contributed by atoms with Crippen molar-refractivity contribution in [3.05, 3.63) is 40.3 Å². The summed E-state index contributed by atoms with van der Waals surface area (Å²) in [5.74, 6) is 1.73. The van der Waals surface area contributed by atoms with Crippen LogP contribution in [0, 0.1) is 0 Å². The van der Waals surface area contributed by atoms with E-state index < -0.39 is 0 Å². The van der Waals surface area contributed by atoms with Crippen LogP contribution < -0.4 is 20.8 Å². The third-order valence-corrected chi connectivity index (χ3v) is 2.82. The van der Waals surface area contributed by atoms with Crippen LogP contribution in [0.25, 0.3) is 11.4 Å². The number of nitrogens with one attached hydrogen (secondary N) is 1. The minimum atomic E-state index is -0.208. The van der Waals surface area contributed by atoms with Gasteiger partial charge in [0.05, 0.1) is 14.2 Å². The zero-order valence-corrected chi connectivity index (χ0v) is 11.5. The quantitative estimate of drug-likeness (QED) is 0.848. The van der Waals surface area contributed by atoms with Gasteiger partial charge in [-0.15, -0.1) is 0 Å². The van der Waals surface area contributed by atoms with E-state index in [0.29, 0.717) is 36.0 Å². The summed E-state index contributed by atoms with van der Waals surface area (Å²) in [6.45, 7) is 0.442. The highest BCUT2D eigenvalue weighted by Gasteiger charge is 2.08. The molecule has 0 atom stereocenters. The number of aromatic amines is 1. The molecule has 20 heavy (non-hydrogen) atoms. The largest absolute Gasteiger partial charge is 0.497 e. The molecule has 3 N–H and O–H groups in total. The molecule has 2 rings (SSSR count). The minimum absolute atomic E-state index is 0.208. The highest BCUT2D eigenvalue weighted by Crippen LogP contribution is 2.27. The van der Waals surface area contributed by atoms with Gasteiger partial charge in [0, 0.05) is 29.8 Å². The molecule has 0 fully saturated rings. The van der Waals surface area contributed by atoms with Crippen molar-refractivity contribution in [3.8, 4) is 22.9 Å². The van der Waals surface area contributed by atoms with Crippen molar-refractivity contribution in [1.29, 1.82) is 0 Å². The van der Waals surface area contributed by atoms with Gasteiger partial charge in [0.25, 0.3) is 5.56 Å². The van der Waals surface area contributed by atoms with Crippen LogP contribution in [-0.2, 0) is 6.42 Å². The van der Waals surface area contributed by atoms with Crippen LogP contribution in [0.3, 0.4) is 0 Å². The molecule has 1 heterocycles. The molecule has 0 spiro atoms. The molecule has 6 nitrogen and oxygen atoms in total. The Hall–Kier alpha value is -2.34. The van der Waals surface area contributed by atoms with Gasteiger partial charge < -0.3 is 20.2 Å². The van der Waals surface area contributed by atoms with Crippen molar-refractivity contribution >= 4 is 0 Å². The van der Waals surface area contributed by atoms with Crippen LogP contribution in [-0.4, -0.2) is 30.7 Å². The molecular formula is C14H17N3O3. The number of nitrogens with two attached hydrogens (primary N) is 1. The first-order valence-electron chi connectivity index (χ1n) is 6.20. The van der Waals surface area contributed by atoms with Crippen LogP contribution >= 0.6 is 0 Å². The van der Waals surface area contributed by atoms with E-state index in [9.17, 15) is 4.79 Å². The van der Waals surface area contributed by atoms with E-state index in [-0.39, 0.29) is 5.56 Å². The average Bonchev–Trinajstić information content (AvgIpc) is 2.46. The molecule has 2 aromatic rings. The van der Waals surface area contributed by atoms with Crippen LogP contribution in [0.2, 0.25) is 0 Å². The molecule has 0 aliphatic heterocycles. The van der Waals surface area contributed by atoms with E-state index >= 15 is 0 Å². The molecule has 0 aliphatic carbocycles. The number of benzene rings is 1. The molecule has 6 heteroatoms. The van der Waals surface area contributed by atoms with Gasteiger partial charge >= 0.3 is 0 Å². The summed E-state index contributed by atoms with van der Waals surface area (Å²) < 4.78 is 10.4. The number of hydrogen-bond acceptors (Lipinski definition) is 5. The molecular weight excluding hydrogens is 258 g/mol. The second-order valence-electron chi connectivity index (χ2n) is 4.23. The monoisotopic (exact) mass is 275 g/mol. The molecule has 106 valence electrons. The van der Waals surface area contributed by atoms with Gasteiger partial charge in [-0.1, -0.05) is 0 Å². The number of methoxy groups -OCH3 is 2. The van der Waals surface area contributed by atoms with Crippen LogP contribution in [0.1, 0.15) is 5.69 Å². The maximum absolute atomic E-state index is 11.7. The Balaban J connectivity index is 2.52. The topological polar surface area (TPSA) is 90.2 Å². The fourth-order valence-corrected chi connectivity index (χ4v) is 1.86. The van der Waals surface area contributed by atoms with Crippen LogP contribution in [0.4, 0.5) is 0 Å². The second-order valence-corrected chi connectivity index (χ2v) is 4.23. The Morgan fingerprint density at radius 2 is 1.80 bits per heavy atom. The molecule has 0 radical (unpaired) electrons. The number of H-pyrrole nitrogens is 1. The average molecular weight is 275 g/mol. The van der Waals surface area contributed by atoms with E-state index in [4.69, 9.17) is 15.2 Å². The molecule has 0 aliphatic rings. The fourth-order valence-electron chi connectivity index (χ4n) is 1.86. The van der Waals surface area contributed by atoms with Crippen molar-refractivity contribution in [2.45, 2.75) is 6.42 Å². The summed E-state index contributed by atoms with van der Waals surface area (Å²) in [5.41, 5.74) is 6.67. The third-order valence-electron chi connectivity index (χ3n) is 2.82. The summed E-state index contributed by atoms with van der Waals surface area (Å²) in [7, 11) is 3.14. The number of ether oxygens (including phenoxy) is 2. The molecule has 0 saturated heterocycles. The molecule has 1 aromatic carbocycles. The zero-order valence-electron chi connectivity index (χ0n) is 11.5. The molecule has 1 aromatic heterocycles. The van der Waals surface area contributed by atoms with Gasteiger partial charge in [0.15, 0.2) is 0 Å². The summed E-state index contributed by atoms with van der Waals surface area (Å²) in [5, 5.41) is 0. The van der Waals surface area contributed by atoms with Crippen molar-refractivity contribution in [2.24, 2.45) is 5.73 Å². The normalized spacial score (nSPS) is 10.3. The lowest BCUT2D eigenvalue weighted by Gasteiger charge is -2.08. The zero-order chi connectivity index (χ0) is 14.5. The maximum atomic E-state index is 11.7. The summed E-state index contributed by atoms with van der Waals surface area (Å²) in [6, 6.07) is 6.78. The lowest BCUT2D eigenvalue weighted by atomic mass is 10.1. The number of rotatable bonds is 5. The van der Waals surface area contributed by atoms with Gasteiger partial charge in [-0.3, -0.25) is 4.79 Å². The highest BCUT2D eigenvalue weighted by atomic mass is 16.5. The predicted molar refractivity (Wildman–Crippen MR) is 76.2 cm³/mol. The van der Waals surface area contributed by atoms with E-state index in [0.717, 1.165) is 5.56 Å². The first-order chi connectivity index (χ1) is 9.66. The lowest BCUT2D eigenvalue weighted by molar-refractivity contribution is 0.394. The maximum Gasteiger partial charge on any atom is 0.251 e. The number of aromatic nitrogens is 2. The SMILES string of the molecule is COc1cc(OC)cc(-c2nc(CCN)cc(=O)[nH]2)c1. The van der Waals surface area contributed by atoms with Crippen LogP contribution in [0.15, 0.2) is 29.1 Å². The summed E-state index contributed by atoms with van der Waals surface area (Å²) in [6.07, 6.45) is 0.554. The van der Waals surface area contributed by atoms with E-state index in [1.807, 2.05) is 0 Å². The molecule has 0 unspecified atom stereocenters. The molecule has 0 bridgehead atoms. The van der Waals surface area contributed by atoms with E-state index in [1.54, 1.807) is 32.4 Å². The standard InChI is InChI=1S/C14H17N3O3/c1-19-11-5-9(6-12(8-11)20-2)14-16-10(3-4-15)7-13(18)17-14/h5-8H,3-4,15H2,1-2H3,(H,16,17,18). The molecule has 0 saturated carbocycles. The Bertz CT molecular complexity index is 630. The van der Waals surface area contributed by atoms with E-state index in [2.05, 4.69) is 9.97 Å². The number of nitrogens with zero attached hydrogens (tertiary/aromatic N) is 1. The lowest BCUT2D eigenvalue weighted by Crippen LogP contribution is -2.13. The van der Waals surface area contributed by atoms with E-state index in [1.165, 1.54) is 6.07 Å². The second kappa shape index (κ2) is 6.21. The number of hydrogen-bond donors (Lipinski definition) is 2. The van der Waals surface area contributed by atoms with Crippen molar-refractivity contribution in [1.82, 2.24) is 9.97 Å². The van der Waals surface area contributed by atoms with Gasteiger partial charge in [0.1, 0.15) is 17.3 Å². The highest BCUT2D eigenvalue weighted by molar-refractivity contribution is 5.60. The van der Waals surface area contributed by atoms with Gasteiger partial charge in [0.2, 0.25) is 0 Å². The van der Waals surface area contributed by atoms with Gasteiger partial charge in [-0.25, -0.2) is 4.98 Å². The van der Waals surface area contributed by atoms with Gasteiger partial charge in [-0.05, 0) is 18.7 Å². The first-order valence-corrected chi connectivity index (χ1v) is 6.20. The third kappa shape index (κ3) is 3.16. The Morgan fingerprint density at radius 3 is 2.35 bits per heavy atom. The smallest absolute Gasteiger partial charge is 0.251 e. The van der Waals surface area contributed by atoms with Gasteiger partial charge in [-0.2, -0.15) is 0 Å². The Kier molecular flexibility index (Phi) is 4.37. The minimum Gasteiger partial charge on any atom is -0.497 e. The molecule has 0 amide bonds. The Morgan fingerprint density at radius 1 is 1.15 bits per heavy atom. The summed E-state index contributed by atoms with van der Waals surface area (Å²) in [4.78, 5) is 18.8. The first kappa shape index (κ1) is 14.1. The fraction of sp³-hybridized carbons (Fsp3) is 0.286. The van der Waals surface area contributed by atoms with Crippen LogP contribution in [0.5, 0.6) is 11.5 Å².